The van der Waals surface area contributed by atoms with Crippen molar-refractivity contribution in [2.75, 3.05) is 25.0 Å². The van der Waals surface area contributed by atoms with Crippen molar-refractivity contribution in [3.63, 3.8) is 0 Å². The molecule has 1 aliphatic heterocycles. The van der Waals surface area contributed by atoms with Gasteiger partial charge in [0, 0.05) is 42.8 Å². The number of rotatable bonds is 4. The Morgan fingerprint density at radius 3 is 2.65 bits per heavy atom. The third kappa shape index (κ3) is 5.90. The molecule has 3 rings (SSSR count). The van der Waals surface area contributed by atoms with E-state index in [0.29, 0.717) is 22.6 Å². The van der Waals surface area contributed by atoms with E-state index >= 15 is 0 Å². The second-order valence-corrected chi connectivity index (χ2v) is 7.79. The van der Waals surface area contributed by atoms with Crippen molar-refractivity contribution >= 4 is 69.5 Å². The highest BCUT2D eigenvalue weighted by molar-refractivity contribution is 14.0. The maximum absolute atomic E-state index is 6.22. The van der Waals surface area contributed by atoms with Crippen LogP contribution in [0, 0.1) is 0 Å². The van der Waals surface area contributed by atoms with Gasteiger partial charge >= 0.3 is 0 Å². The lowest BCUT2D eigenvalue weighted by Gasteiger charge is -2.33. The molecule has 26 heavy (non-hydrogen) atoms. The van der Waals surface area contributed by atoms with Gasteiger partial charge in [0.1, 0.15) is 0 Å². The highest BCUT2D eigenvalue weighted by atomic mass is 127. The van der Waals surface area contributed by atoms with E-state index < -0.39 is 0 Å². The van der Waals surface area contributed by atoms with E-state index in [1.165, 1.54) is 5.00 Å². The molecule has 8 heteroatoms. The molecule has 2 N–H and O–H groups in total. The molecule has 0 atom stereocenters. The maximum atomic E-state index is 6.22. The fraction of sp³-hybridized carbons (Fsp3) is 0.389. The normalized spacial score (nSPS) is 15.5. The molecule has 0 unspecified atom stereocenters. The van der Waals surface area contributed by atoms with Crippen LogP contribution in [0.15, 0.2) is 40.7 Å². The van der Waals surface area contributed by atoms with Gasteiger partial charge in [0.2, 0.25) is 0 Å². The number of hydrogen-bond acceptors (Lipinski definition) is 3. The molecule has 0 bridgehead atoms. The average Bonchev–Trinajstić information content (AvgIpc) is 3.15. The lowest BCUT2D eigenvalue weighted by atomic mass is 10.1. The van der Waals surface area contributed by atoms with Crippen molar-refractivity contribution in [2.45, 2.75) is 25.4 Å². The fourth-order valence-corrected chi connectivity index (χ4v) is 4.19. The molecule has 0 amide bonds. The van der Waals surface area contributed by atoms with E-state index in [9.17, 15) is 0 Å². The van der Waals surface area contributed by atoms with Crippen molar-refractivity contribution in [1.29, 1.82) is 0 Å². The van der Waals surface area contributed by atoms with E-state index in [1.807, 2.05) is 12.1 Å². The Kier molecular flexibility index (Phi) is 8.79. The zero-order valence-electron chi connectivity index (χ0n) is 14.5. The van der Waals surface area contributed by atoms with Crippen molar-refractivity contribution in [3.05, 3.63) is 51.3 Å². The quantitative estimate of drug-likeness (QED) is 0.335. The van der Waals surface area contributed by atoms with Gasteiger partial charge in [0.25, 0.3) is 0 Å². The topological polar surface area (TPSA) is 39.7 Å². The van der Waals surface area contributed by atoms with Crippen molar-refractivity contribution < 1.29 is 0 Å². The summed E-state index contributed by atoms with van der Waals surface area (Å²) in [4.78, 5) is 6.78. The molecule has 0 saturated carbocycles. The number of halogens is 3. The number of piperidine rings is 1. The average molecular weight is 525 g/mol. The van der Waals surface area contributed by atoms with Gasteiger partial charge in [-0.1, -0.05) is 29.3 Å². The monoisotopic (exact) mass is 524 g/mol. The number of hydrogen-bond donors (Lipinski definition) is 2. The predicted octanol–water partition coefficient (Wildman–Crippen LogP) is 5.01. The van der Waals surface area contributed by atoms with E-state index in [0.717, 1.165) is 37.5 Å². The highest BCUT2D eigenvalue weighted by Gasteiger charge is 2.20. The summed E-state index contributed by atoms with van der Waals surface area (Å²) in [6, 6.07) is 10.3. The Morgan fingerprint density at radius 2 is 2.04 bits per heavy atom. The fourth-order valence-electron chi connectivity index (χ4n) is 2.93. The molecular weight excluding hydrogens is 502 g/mol. The third-order valence-electron chi connectivity index (χ3n) is 4.34. The summed E-state index contributed by atoms with van der Waals surface area (Å²) < 4.78 is 0. The third-order valence-corrected chi connectivity index (χ3v) is 5.85. The van der Waals surface area contributed by atoms with Crippen LogP contribution >= 0.6 is 58.5 Å². The molecule has 1 aliphatic rings. The Bertz CT molecular complexity index is 716. The summed E-state index contributed by atoms with van der Waals surface area (Å²) >= 11 is 14.0. The molecule has 0 radical (unpaired) electrons. The summed E-state index contributed by atoms with van der Waals surface area (Å²) in [5.41, 5.74) is 1.00. The van der Waals surface area contributed by atoms with Crippen molar-refractivity contribution in [2.24, 2.45) is 4.99 Å². The minimum Gasteiger partial charge on any atom is -0.363 e. The number of aliphatic imine (C=N–C) groups is 1. The summed E-state index contributed by atoms with van der Waals surface area (Å²) in [6.45, 7) is 2.75. The molecule has 0 aliphatic carbocycles. The minimum atomic E-state index is 0. The molecule has 4 nitrogen and oxygen atoms in total. The van der Waals surface area contributed by atoms with Gasteiger partial charge in [-0.15, -0.1) is 35.3 Å². The van der Waals surface area contributed by atoms with Gasteiger partial charge in [-0.3, -0.25) is 4.99 Å². The SMILES string of the molecule is CN=C(NCc1ccc(Cl)cc1Cl)NC1CCN(c2cccs2)CC1.I. The van der Waals surface area contributed by atoms with Crippen LogP contribution in [-0.2, 0) is 6.54 Å². The van der Waals surface area contributed by atoms with Crippen LogP contribution in [0.25, 0.3) is 0 Å². The summed E-state index contributed by atoms with van der Waals surface area (Å²) in [5, 5.41) is 11.7. The minimum absolute atomic E-state index is 0. The first-order chi connectivity index (χ1) is 12.2. The first-order valence-corrected chi connectivity index (χ1v) is 9.99. The predicted molar refractivity (Wildman–Crippen MR) is 125 cm³/mol. The molecule has 1 saturated heterocycles. The van der Waals surface area contributed by atoms with Crippen LogP contribution in [0.4, 0.5) is 5.00 Å². The second-order valence-electron chi connectivity index (χ2n) is 6.02. The molecule has 0 spiro atoms. The van der Waals surface area contributed by atoms with Crippen molar-refractivity contribution in [1.82, 2.24) is 10.6 Å². The Labute approximate surface area is 186 Å². The Hall–Kier alpha value is -0.700. The van der Waals surface area contributed by atoms with E-state index in [-0.39, 0.29) is 24.0 Å². The highest BCUT2D eigenvalue weighted by Crippen LogP contribution is 2.25. The Balaban J connectivity index is 0.00000243. The van der Waals surface area contributed by atoms with Gasteiger partial charge in [-0.2, -0.15) is 0 Å². The maximum Gasteiger partial charge on any atom is 0.191 e. The van der Waals surface area contributed by atoms with E-state index in [1.54, 1.807) is 24.5 Å². The van der Waals surface area contributed by atoms with Gasteiger partial charge in [-0.25, -0.2) is 0 Å². The van der Waals surface area contributed by atoms with Gasteiger partial charge in [0.05, 0.1) is 5.00 Å². The zero-order chi connectivity index (χ0) is 17.6. The first-order valence-electron chi connectivity index (χ1n) is 8.35. The van der Waals surface area contributed by atoms with Crippen LogP contribution in [0.1, 0.15) is 18.4 Å². The summed E-state index contributed by atoms with van der Waals surface area (Å²) in [6.07, 6.45) is 2.20. The number of benzene rings is 1. The lowest BCUT2D eigenvalue weighted by molar-refractivity contribution is 0.463. The van der Waals surface area contributed by atoms with Crippen LogP contribution < -0.4 is 15.5 Å². The van der Waals surface area contributed by atoms with Crippen molar-refractivity contribution in [3.8, 4) is 0 Å². The first kappa shape index (κ1) is 21.6. The van der Waals surface area contributed by atoms with Gasteiger partial charge in [-0.05, 0) is 48.1 Å². The largest absolute Gasteiger partial charge is 0.363 e. The zero-order valence-corrected chi connectivity index (χ0v) is 19.2. The van der Waals surface area contributed by atoms with E-state index in [4.69, 9.17) is 23.2 Å². The van der Waals surface area contributed by atoms with Crippen LogP contribution in [0.5, 0.6) is 0 Å². The molecule has 2 heterocycles. The second kappa shape index (κ2) is 10.6. The standard InChI is InChI=1S/C18H22Cl2N4S.HI/c1-21-18(22-12-13-4-5-14(19)11-16(13)20)23-15-6-8-24(9-7-15)17-3-2-10-25-17;/h2-5,10-11,15H,6-9,12H2,1H3,(H2,21,22,23);1H. The summed E-state index contributed by atoms with van der Waals surface area (Å²) in [5.74, 6) is 0.806. The molecule has 142 valence electrons. The van der Waals surface area contributed by atoms with Crippen LogP contribution in [0.3, 0.4) is 0 Å². The smallest absolute Gasteiger partial charge is 0.191 e. The Morgan fingerprint density at radius 1 is 1.27 bits per heavy atom. The molecule has 1 aromatic heterocycles. The lowest BCUT2D eigenvalue weighted by Crippen LogP contribution is -2.48. The number of nitrogens with zero attached hydrogens (tertiary/aromatic N) is 2. The number of anilines is 1. The molecule has 1 fully saturated rings. The van der Waals surface area contributed by atoms with Crippen LogP contribution in [-0.4, -0.2) is 32.1 Å². The van der Waals surface area contributed by atoms with Gasteiger partial charge < -0.3 is 15.5 Å². The van der Waals surface area contributed by atoms with Gasteiger partial charge in [0.15, 0.2) is 5.96 Å². The van der Waals surface area contributed by atoms with Crippen LogP contribution in [0.2, 0.25) is 10.0 Å². The summed E-state index contributed by atoms with van der Waals surface area (Å²) in [7, 11) is 1.79. The van der Waals surface area contributed by atoms with E-state index in [2.05, 4.69) is 38.0 Å². The molecular formula is C18H23Cl2IN4S. The molecule has 2 aromatic rings. The number of guanidine groups is 1. The number of nitrogens with one attached hydrogen (secondary N) is 2. The number of thiophene rings is 1. The molecule has 1 aromatic carbocycles.